The van der Waals surface area contributed by atoms with Gasteiger partial charge in [-0.1, -0.05) is 158 Å². The van der Waals surface area contributed by atoms with Crippen LogP contribution >= 0.6 is 0 Å². The van der Waals surface area contributed by atoms with Crippen molar-refractivity contribution in [1.82, 2.24) is 0 Å². The Labute approximate surface area is 332 Å². The van der Waals surface area contributed by atoms with Crippen LogP contribution in [0.2, 0.25) is 0 Å². The maximum atomic E-state index is 8.58. The van der Waals surface area contributed by atoms with E-state index in [1.165, 1.54) is 76.1 Å². The standard InChI is InChI=1S/C55H38N2/c1-2-52-51(34-56)48-31-37(28-30-53(48)57(52)39-18-4-3-5-19-39)36-27-29-47-50(32-36)54(44-26-14-17-35-15-6-8-20-40(35)44)45-24-12-13-25-46(45)55(47)49-33-38-16-7-9-21-41(38)42-22-10-11-23-43(42)49/h2-34,51-52,56H,1H2. The van der Waals surface area contributed by atoms with Gasteiger partial charge in [0.05, 0.1) is 6.04 Å². The highest BCUT2D eigenvalue weighted by atomic mass is 15.2. The molecule has 0 amide bonds. The third-order valence-electron chi connectivity index (χ3n) is 12.2. The highest BCUT2D eigenvalue weighted by Gasteiger charge is 2.36. The van der Waals surface area contributed by atoms with E-state index in [1.54, 1.807) is 6.21 Å². The largest absolute Gasteiger partial charge is 0.333 e. The average molecular weight is 727 g/mol. The average Bonchev–Trinajstić information content (AvgIpc) is 3.61. The second kappa shape index (κ2) is 13.2. The molecule has 0 spiro atoms. The van der Waals surface area contributed by atoms with Gasteiger partial charge in [-0.3, -0.25) is 0 Å². The normalized spacial score (nSPS) is 15.1. The van der Waals surface area contributed by atoms with Crippen molar-refractivity contribution in [3.63, 3.8) is 0 Å². The summed E-state index contributed by atoms with van der Waals surface area (Å²) in [6, 6.07) is 68.7. The van der Waals surface area contributed by atoms with Crippen LogP contribution in [0.4, 0.5) is 11.4 Å². The zero-order valence-electron chi connectivity index (χ0n) is 31.4. The number of para-hydroxylation sites is 1. The monoisotopic (exact) mass is 726 g/mol. The molecule has 10 aromatic carbocycles. The van der Waals surface area contributed by atoms with Crippen molar-refractivity contribution in [3.05, 3.63) is 206 Å². The van der Waals surface area contributed by atoms with E-state index in [1.807, 2.05) is 12.1 Å². The summed E-state index contributed by atoms with van der Waals surface area (Å²) in [6.07, 6.45) is 3.57. The Kier molecular flexibility index (Phi) is 7.65. The van der Waals surface area contributed by atoms with E-state index in [-0.39, 0.29) is 12.0 Å². The van der Waals surface area contributed by atoms with Crippen molar-refractivity contribution >= 4 is 71.5 Å². The summed E-state index contributed by atoms with van der Waals surface area (Å²) in [5.74, 6) is -0.110. The molecule has 57 heavy (non-hydrogen) atoms. The molecule has 11 rings (SSSR count). The molecule has 10 aromatic rings. The highest BCUT2D eigenvalue weighted by Crippen LogP contribution is 2.50. The molecule has 0 saturated carbocycles. The lowest BCUT2D eigenvalue weighted by Gasteiger charge is -2.27. The number of hydrogen-bond donors (Lipinski definition) is 1. The molecule has 0 aliphatic carbocycles. The smallest absolute Gasteiger partial charge is 0.0638 e. The van der Waals surface area contributed by atoms with Gasteiger partial charge in [0.2, 0.25) is 0 Å². The van der Waals surface area contributed by atoms with E-state index in [0.717, 1.165) is 28.1 Å². The van der Waals surface area contributed by atoms with E-state index in [0.29, 0.717) is 0 Å². The van der Waals surface area contributed by atoms with Crippen LogP contribution in [0.25, 0.3) is 87.2 Å². The van der Waals surface area contributed by atoms with Crippen LogP contribution in [0.5, 0.6) is 0 Å². The highest BCUT2D eigenvalue weighted by molar-refractivity contribution is 6.27. The number of nitrogens with one attached hydrogen (secondary N) is 1. The van der Waals surface area contributed by atoms with Gasteiger partial charge in [-0.05, 0) is 129 Å². The summed E-state index contributed by atoms with van der Waals surface area (Å²) in [5, 5.41) is 21.0. The van der Waals surface area contributed by atoms with E-state index in [4.69, 9.17) is 5.41 Å². The molecule has 1 N–H and O–H groups in total. The van der Waals surface area contributed by atoms with Crippen LogP contribution in [-0.2, 0) is 0 Å². The number of anilines is 2. The Hall–Kier alpha value is -7.29. The van der Waals surface area contributed by atoms with Crippen molar-refractivity contribution in [2.24, 2.45) is 0 Å². The maximum absolute atomic E-state index is 8.58. The molecule has 2 atom stereocenters. The lowest BCUT2D eigenvalue weighted by molar-refractivity contribution is 0.790. The van der Waals surface area contributed by atoms with E-state index in [9.17, 15) is 0 Å². The van der Waals surface area contributed by atoms with Gasteiger partial charge in [-0.2, -0.15) is 0 Å². The summed E-state index contributed by atoms with van der Waals surface area (Å²) in [4.78, 5) is 2.33. The molecule has 268 valence electrons. The first-order valence-electron chi connectivity index (χ1n) is 19.7. The number of hydrogen-bond acceptors (Lipinski definition) is 2. The lowest BCUT2D eigenvalue weighted by Crippen LogP contribution is -2.28. The summed E-state index contributed by atoms with van der Waals surface area (Å²) in [6.45, 7) is 4.22. The second-order valence-corrected chi connectivity index (χ2v) is 15.2. The Morgan fingerprint density at radius 1 is 0.439 bits per heavy atom. The van der Waals surface area contributed by atoms with Crippen LogP contribution in [0.1, 0.15) is 11.5 Å². The molecule has 1 heterocycles. The SMILES string of the molecule is C=CC1C(C=N)c2cc(-c3ccc4c(-c5cc6ccccc6c6ccccc56)c5ccccc5c(-c5cccc6ccccc56)c4c3)ccc2N1c1ccccc1. The van der Waals surface area contributed by atoms with Crippen LogP contribution < -0.4 is 4.90 Å². The first-order valence-corrected chi connectivity index (χ1v) is 19.7. The second-order valence-electron chi connectivity index (χ2n) is 15.2. The minimum atomic E-state index is -0.110. The first kappa shape index (κ1) is 33.1. The number of nitrogens with zero attached hydrogens (tertiary/aromatic N) is 1. The summed E-state index contributed by atoms with van der Waals surface area (Å²) in [7, 11) is 0. The third-order valence-corrected chi connectivity index (χ3v) is 12.2. The van der Waals surface area contributed by atoms with Crippen LogP contribution in [-0.4, -0.2) is 12.3 Å². The zero-order chi connectivity index (χ0) is 38.0. The van der Waals surface area contributed by atoms with Gasteiger partial charge >= 0.3 is 0 Å². The molecule has 1 aliphatic heterocycles. The molecule has 0 radical (unpaired) electrons. The maximum Gasteiger partial charge on any atom is 0.0638 e. The molecule has 2 heteroatoms. The fourth-order valence-corrected chi connectivity index (χ4v) is 9.71. The van der Waals surface area contributed by atoms with Gasteiger partial charge in [-0.25, -0.2) is 0 Å². The summed E-state index contributed by atoms with van der Waals surface area (Å²) in [5.41, 5.74) is 10.6. The predicted octanol–water partition coefficient (Wildman–Crippen LogP) is 14.9. The lowest BCUT2D eigenvalue weighted by atomic mass is 9.82. The Morgan fingerprint density at radius 3 is 1.77 bits per heavy atom. The predicted molar refractivity (Wildman–Crippen MR) is 244 cm³/mol. The molecule has 1 aliphatic rings. The summed E-state index contributed by atoms with van der Waals surface area (Å²) < 4.78 is 0. The van der Waals surface area contributed by atoms with Gasteiger partial charge in [-0.15, -0.1) is 6.58 Å². The molecular formula is C55H38N2. The molecule has 2 nitrogen and oxygen atoms in total. The van der Waals surface area contributed by atoms with Crippen molar-refractivity contribution in [3.8, 4) is 33.4 Å². The fourth-order valence-electron chi connectivity index (χ4n) is 9.71. The van der Waals surface area contributed by atoms with E-state index in [2.05, 4.69) is 193 Å². The molecule has 0 saturated heterocycles. The summed E-state index contributed by atoms with van der Waals surface area (Å²) >= 11 is 0. The minimum Gasteiger partial charge on any atom is -0.333 e. The fraction of sp³-hybridized carbons (Fsp3) is 0.0364. The number of benzene rings is 10. The number of fused-ring (bicyclic) bond motifs is 7. The van der Waals surface area contributed by atoms with Gasteiger partial charge in [0, 0.05) is 23.5 Å². The van der Waals surface area contributed by atoms with Crippen LogP contribution in [0.15, 0.2) is 201 Å². The van der Waals surface area contributed by atoms with Gasteiger partial charge in [0.1, 0.15) is 0 Å². The van der Waals surface area contributed by atoms with Gasteiger partial charge in [0.25, 0.3) is 0 Å². The third kappa shape index (κ3) is 5.08. The minimum absolute atomic E-state index is 0.0459. The topological polar surface area (TPSA) is 27.1 Å². The zero-order valence-corrected chi connectivity index (χ0v) is 31.4. The number of rotatable bonds is 6. The van der Waals surface area contributed by atoms with E-state index >= 15 is 0 Å². The van der Waals surface area contributed by atoms with Crippen molar-refractivity contribution in [2.75, 3.05) is 4.90 Å². The van der Waals surface area contributed by atoms with Gasteiger partial charge < -0.3 is 10.3 Å². The molecule has 2 unspecified atom stereocenters. The van der Waals surface area contributed by atoms with Crippen molar-refractivity contribution in [1.29, 1.82) is 5.41 Å². The molecular weight excluding hydrogens is 689 g/mol. The van der Waals surface area contributed by atoms with Crippen molar-refractivity contribution < 1.29 is 0 Å². The molecule has 0 aromatic heterocycles. The molecule has 0 bridgehead atoms. The first-order chi connectivity index (χ1) is 28.2. The van der Waals surface area contributed by atoms with Crippen LogP contribution in [0.3, 0.4) is 0 Å². The Balaban J connectivity index is 1.22. The Bertz CT molecular complexity index is 3240. The van der Waals surface area contributed by atoms with Gasteiger partial charge in [0.15, 0.2) is 0 Å². The van der Waals surface area contributed by atoms with Crippen molar-refractivity contribution in [2.45, 2.75) is 12.0 Å². The van der Waals surface area contributed by atoms with E-state index < -0.39 is 0 Å². The Morgan fingerprint density at radius 2 is 1.02 bits per heavy atom. The molecule has 0 fully saturated rings. The van der Waals surface area contributed by atoms with Crippen LogP contribution in [0, 0.1) is 5.41 Å². The quantitative estimate of drug-likeness (QED) is 0.0785.